The maximum atomic E-state index is 13.2. The maximum Gasteiger partial charge on any atom is 0.344 e. The number of carboxylic acids is 1. The van der Waals surface area contributed by atoms with Gasteiger partial charge in [0, 0.05) is 10.4 Å². The summed E-state index contributed by atoms with van der Waals surface area (Å²) in [6, 6.07) is 10.7. The number of carbonyl (C=O) groups is 1. The van der Waals surface area contributed by atoms with Gasteiger partial charge in [-0.25, -0.2) is 9.78 Å². The van der Waals surface area contributed by atoms with Crippen molar-refractivity contribution in [1.29, 1.82) is 0 Å². The number of nitrogens with zero attached hydrogens (tertiary/aromatic N) is 3. The van der Waals surface area contributed by atoms with Crippen LogP contribution in [0.4, 0.5) is 0 Å². The summed E-state index contributed by atoms with van der Waals surface area (Å²) in [5.41, 5.74) is 1.15. The molecule has 1 N–H and O–H groups in total. The van der Waals surface area contributed by atoms with Gasteiger partial charge in [-0.1, -0.05) is 29.8 Å². The third kappa shape index (κ3) is 5.32. The largest absolute Gasteiger partial charge is 0.479 e. The Labute approximate surface area is 201 Å². The van der Waals surface area contributed by atoms with E-state index in [1.165, 1.54) is 11.6 Å². The molecule has 0 aliphatic rings. The third-order valence-electron chi connectivity index (χ3n) is 4.82. The first kappa shape index (κ1) is 23.4. The molecule has 3 rings (SSSR count). The standard InChI is InChI=1S/C22H21BrIN3O4/c1-4-12(2)20-26-18-7-6-15(23)10-16(18)21(28)27(20)25-11-14-5-8-19(17(24)9-14)31-13(3)22(29)30/h5-13H,4H2,1-3H3,(H,29,30)/t12-,13+/m1/s1. The van der Waals surface area contributed by atoms with Gasteiger partial charge in [0.2, 0.25) is 0 Å². The minimum Gasteiger partial charge on any atom is -0.479 e. The van der Waals surface area contributed by atoms with E-state index in [-0.39, 0.29) is 11.5 Å². The zero-order chi connectivity index (χ0) is 22.7. The van der Waals surface area contributed by atoms with E-state index in [9.17, 15) is 9.59 Å². The van der Waals surface area contributed by atoms with E-state index in [2.05, 4.69) is 43.6 Å². The summed E-state index contributed by atoms with van der Waals surface area (Å²) in [7, 11) is 0. The van der Waals surface area contributed by atoms with Gasteiger partial charge in [-0.05, 0) is 77.9 Å². The lowest BCUT2D eigenvalue weighted by atomic mass is 10.1. The highest BCUT2D eigenvalue weighted by Crippen LogP contribution is 2.23. The van der Waals surface area contributed by atoms with E-state index < -0.39 is 12.1 Å². The van der Waals surface area contributed by atoms with E-state index >= 15 is 0 Å². The van der Waals surface area contributed by atoms with Crippen molar-refractivity contribution >= 4 is 61.6 Å². The van der Waals surface area contributed by atoms with Crippen LogP contribution in [0.5, 0.6) is 5.75 Å². The summed E-state index contributed by atoms with van der Waals surface area (Å²) in [6.45, 7) is 5.52. The number of halogens is 2. The van der Waals surface area contributed by atoms with E-state index in [0.29, 0.717) is 22.5 Å². The molecule has 2 atom stereocenters. The predicted octanol–water partition coefficient (Wildman–Crippen LogP) is 5.01. The van der Waals surface area contributed by atoms with Crippen molar-refractivity contribution in [2.75, 3.05) is 0 Å². The number of aromatic nitrogens is 2. The number of carboxylic acid groups (broad SMARTS) is 1. The second-order valence-electron chi connectivity index (χ2n) is 7.09. The van der Waals surface area contributed by atoms with Crippen LogP contribution >= 0.6 is 38.5 Å². The van der Waals surface area contributed by atoms with Crippen molar-refractivity contribution in [3.05, 3.63) is 66.2 Å². The van der Waals surface area contributed by atoms with E-state index in [1.54, 1.807) is 24.4 Å². The highest BCUT2D eigenvalue weighted by Gasteiger charge is 2.16. The van der Waals surface area contributed by atoms with Crippen molar-refractivity contribution < 1.29 is 14.6 Å². The quantitative estimate of drug-likeness (QED) is 0.305. The predicted molar refractivity (Wildman–Crippen MR) is 132 cm³/mol. The Bertz CT molecular complexity index is 1230. The van der Waals surface area contributed by atoms with Crippen LogP contribution in [0, 0.1) is 3.57 Å². The van der Waals surface area contributed by atoms with Gasteiger partial charge in [0.15, 0.2) is 6.10 Å². The molecule has 0 bridgehead atoms. The van der Waals surface area contributed by atoms with Crippen LogP contribution in [0.25, 0.3) is 10.9 Å². The lowest BCUT2D eigenvalue weighted by molar-refractivity contribution is -0.144. The summed E-state index contributed by atoms with van der Waals surface area (Å²) < 4.78 is 8.34. The first-order chi connectivity index (χ1) is 14.7. The summed E-state index contributed by atoms with van der Waals surface area (Å²) >= 11 is 5.48. The highest BCUT2D eigenvalue weighted by atomic mass is 127. The van der Waals surface area contributed by atoms with Gasteiger partial charge in [0.05, 0.1) is 20.7 Å². The second-order valence-corrected chi connectivity index (χ2v) is 9.17. The molecule has 1 aromatic heterocycles. The molecular weight excluding hydrogens is 577 g/mol. The molecule has 162 valence electrons. The zero-order valence-electron chi connectivity index (χ0n) is 17.2. The van der Waals surface area contributed by atoms with Gasteiger partial charge < -0.3 is 9.84 Å². The molecule has 0 aliphatic carbocycles. The molecule has 7 nitrogen and oxygen atoms in total. The molecule has 0 amide bonds. The fraction of sp³-hybridized carbons (Fsp3) is 0.273. The molecular formula is C22H21BrIN3O4. The van der Waals surface area contributed by atoms with Crippen LogP contribution in [0.2, 0.25) is 0 Å². The van der Waals surface area contributed by atoms with Crippen molar-refractivity contribution in [3.8, 4) is 5.75 Å². The Morgan fingerprint density at radius 2 is 2.06 bits per heavy atom. The molecule has 0 spiro atoms. The Morgan fingerprint density at radius 1 is 1.32 bits per heavy atom. The minimum absolute atomic E-state index is 0.0475. The highest BCUT2D eigenvalue weighted by molar-refractivity contribution is 14.1. The SMILES string of the molecule is CC[C@@H](C)c1nc2ccc(Br)cc2c(=O)n1N=Cc1ccc(O[C@@H](C)C(=O)O)c(I)c1. The Morgan fingerprint density at radius 3 is 2.71 bits per heavy atom. The Hall–Kier alpha value is -2.27. The smallest absolute Gasteiger partial charge is 0.344 e. The Kier molecular flexibility index (Phi) is 7.47. The molecule has 31 heavy (non-hydrogen) atoms. The summed E-state index contributed by atoms with van der Waals surface area (Å²) in [4.78, 5) is 28.9. The van der Waals surface area contributed by atoms with Crippen molar-refractivity contribution in [1.82, 2.24) is 9.66 Å². The van der Waals surface area contributed by atoms with Crippen LogP contribution in [0.15, 0.2) is 50.8 Å². The normalized spacial score (nSPS) is 13.5. The van der Waals surface area contributed by atoms with Gasteiger partial charge in [0.25, 0.3) is 5.56 Å². The molecule has 0 aliphatic heterocycles. The van der Waals surface area contributed by atoms with Crippen molar-refractivity contribution in [2.45, 2.75) is 39.2 Å². The molecule has 2 aromatic carbocycles. The van der Waals surface area contributed by atoms with Gasteiger partial charge in [-0.3, -0.25) is 4.79 Å². The number of rotatable bonds is 7. The van der Waals surface area contributed by atoms with Crippen LogP contribution < -0.4 is 10.3 Å². The van der Waals surface area contributed by atoms with E-state index in [4.69, 9.17) is 14.8 Å². The first-order valence-corrected chi connectivity index (χ1v) is 11.5. The lowest BCUT2D eigenvalue weighted by Crippen LogP contribution is -2.24. The summed E-state index contributed by atoms with van der Waals surface area (Å²) in [6.07, 6.45) is 1.45. The van der Waals surface area contributed by atoms with Crippen LogP contribution in [-0.4, -0.2) is 33.1 Å². The molecule has 3 aromatic rings. The number of aliphatic carboxylic acids is 1. The maximum absolute atomic E-state index is 13.2. The number of hydrogen-bond donors (Lipinski definition) is 1. The van der Waals surface area contributed by atoms with Gasteiger partial charge in [-0.15, -0.1) is 0 Å². The van der Waals surface area contributed by atoms with Gasteiger partial charge in [0.1, 0.15) is 11.6 Å². The van der Waals surface area contributed by atoms with Crippen LogP contribution in [0.3, 0.4) is 0 Å². The molecule has 0 saturated heterocycles. The summed E-state index contributed by atoms with van der Waals surface area (Å²) in [5.74, 6) is 0.0889. The van der Waals surface area contributed by atoms with Crippen molar-refractivity contribution in [3.63, 3.8) is 0 Å². The average Bonchev–Trinajstić information content (AvgIpc) is 2.74. The fourth-order valence-electron chi connectivity index (χ4n) is 2.84. The topological polar surface area (TPSA) is 93.8 Å². The van der Waals surface area contributed by atoms with Crippen LogP contribution in [-0.2, 0) is 4.79 Å². The number of ether oxygens (including phenoxy) is 1. The number of fused-ring (bicyclic) bond motifs is 1. The average molecular weight is 598 g/mol. The van der Waals surface area contributed by atoms with E-state index in [1.807, 2.05) is 32.0 Å². The fourth-order valence-corrected chi connectivity index (χ4v) is 3.86. The number of hydrogen-bond acceptors (Lipinski definition) is 5. The first-order valence-electron chi connectivity index (χ1n) is 9.66. The van der Waals surface area contributed by atoms with Gasteiger partial charge in [-0.2, -0.15) is 9.78 Å². The lowest BCUT2D eigenvalue weighted by Gasteiger charge is -2.14. The van der Waals surface area contributed by atoms with E-state index in [0.717, 1.165) is 20.0 Å². The second kappa shape index (κ2) is 9.90. The molecule has 0 radical (unpaired) electrons. The minimum atomic E-state index is -1.03. The summed E-state index contributed by atoms with van der Waals surface area (Å²) in [5, 5.41) is 14.0. The molecule has 0 fully saturated rings. The monoisotopic (exact) mass is 597 g/mol. The molecule has 0 unspecified atom stereocenters. The molecule has 9 heteroatoms. The van der Waals surface area contributed by atoms with Crippen LogP contribution in [0.1, 0.15) is 44.5 Å². The molecule has 0 saturated carbocycles. The zero-order valence-corrected chi connectivity index (χ0v) is 20.9. The number of benzene rings is 2. The van der Waals surface area contributed by atoms with Crippen molar-refractivity contribution in [2.24, 2.45) is 5.10 Å². The Balaban J connectivity index is 2.02. The molecule has 1 heterocycles. The third-order valence-corrected chi connectivity index (χ3v) is 6.15. The van der Waals surface area contributed by atoms with Gasteiger partial charge >= 0.3 is 5.97 Å².